The first kappa shape index (κ1) is 76.1. The fraction of sp³-hybridized carbons (Fsp3) is 0.588. The second-order valence-electron chi connectivity index (χ2n) is 19.4. The van der Waals surface area contributed by atoms with Gasteiger partial charge in [-0.25, -0.2) is 9.68 Å². The van der Waals surface area contributed by atoms with Crippen LogP contribution in [0.4, 0.5) is 45.1 Å². The van der Waals surface area contributed by atoms with E-state index in [1.807, 2.05) is 46.4 Å². The highest BCUT2D eigenvalue weighted by atomic mass is 35.5. The zero-order chi connectivity index (χ0) is 60.4. The Morgan fingerprint density at radius 2 is 0.916 bits per heavy atom. The molecule has 0 bridgehead atoms. The Morgan fingerprint density at radius 1 is 0.566 bits per heavy atom. The highest BCUT2D eigenvalue weighted by molar-refractivity contribution is 6.30. The number of pyridine rings is 4. The number of aliphatic hydroxyl groups excluding tert-OH is 2. The van der Waals surface area contributed by atoms with E-state index in [1.165, 1.54) is 48.9 Å². The number of carbonyl (C=O) groups is 1. The van der Waals surface area contributed by atoms with E-state index in [0.717, 1.165) is 102 Å². The Bertz CT molecular complexity index is 2410. The Kier molecular flexibility index (Phi) is 37.8. The van der Waals surface area contributed by atoms with E-state index in [2.05, 4.69) is 52.6 Å². The fourth-order valence-corrected chi connectivity index (χ4v) is 6.95. The molecule has 4 fully saturated rings. The number of amides is 1. The topological polar surface area (TPSA) is 362 Å². The molecule has 466 valence electrons. The average Bonchev–Trinajstić information content (AvgIpc) is 3.51. The summed E-state index contributed by atoms with van der Waals surface area (Å²) in [4.78, 5) is 84.9. The molecule has 0 radical (unpaired) electrons. The normalized spacial score (nSPS) is 14.8. The molecule has 30 nitrogen and oxygen atoms in total. The molecule has 5 N–H and O–H groups in total. The summed E-state index contributed by atoms with van der Waals surface area (Å²) in [6.45, 7) is 27.2. The van der Waals surface area contributed by atoms with Crippen LogP contribution < -0.4 is 30.7 Å². The van der Waals surface area contributed by atoms with E-state index in [4.69, 9.17) is 36.4 Å². The van der Waals surface area contributed by atoms with E-state index in [9.17, 15) is 45.3 Å². The lowest BCUT2D eigenvalue weighted by molar-refractivity contribution is -0.461. The molecule has 0 spiro atoms. The maximum Gasteiger partial charge on any atom is 0.410 e. The average molecular weight is 1220 g/mol. The van der Waals surface area contributed by atoms with Crippen molar-refractivity contribution in [3.63, 3.8) is 0 Å². The molecule has 4 aromatic rings. The van der Waals surface area contributed by atoms with E-state index >= 15 is 0 Å². The molecule has 0 aromatic carbocycles. The van der Waals surface area contributed by atoms with Crippen molar-refractivity contribution in [3.05, 3.63) is 119 Å². The number of anilines is 3. The van der Waals surface area contributed by atoms with Gasteiger partial charge in [0.15, 0.2) is 24.8 Å². The van der Waals surface area contributed by atoms with Crippen molar-refractivity contribution in [1.29, 1.82) is 0 Å². The molecule has 0 atom stereocenters. The van der Waals surface area contributed by atoms with Crippen LogP contribution in [0.2, 0.25) is 5.02 Å². The SMILES string of the molecule is C.C1CNCCN1.CC(C)(C)OC(=O)N1CCN(c2ccc([N+](=O)[O-])nc2)CC1.CC(C)(C)OON1CCN(c2ccc([N+](=O)[O-])nc2)CC1.CCCCO.CO.Cl.O=[N+]([O-])c1ccc(Cl)cn1.O=[N+]([O-])c1ccc(N2CCNCC2)cn1. The highest BCUT2D eigenvalue weighted by Gasteiger charge is 2.27. The first-order valence-electron chi connectivity index (χ1n) is 26.1. The van der Waals surface area contributed by atoms with E-state index in [0.29, 0.717) is 50.9 Å². The van der Waals surface area contributed by atoms with Gasteiger partial charge in [0.2, 0.25) is 0 Å². The number of nitro groups is 4. The molecular formula is C51H84Cl2N16O14. The van der Waals surface area contributed by atoms with Gasteiger partial charge in [0.25, 0.3) is 0 Å². The second-order valence-corrected chi connectivity index (χ2v) is 19.9. The number of piperazine rings is 4. The minimum absolute atomic E-state index is 0. The molecule has 4 aliphatic rings. The van der Waals surface area contributed by atoms with Crippen LogP contribution in [0.25, 0.3) is 0 Å². The van der Waals surface area contributed by atoms with E-state index in [1.54, 1.807) is 34.4 Å². The standard InChI is InChI=1S/C14H20N4O4.C13H20N4O4.C9H12N4O2.C5H3ClN2O2.C4H10N2.C4H10O.CH4O.CH4.ClH/c1-14(2,3)22-13(19)17-8-6-16(7-9-17)11-4-5-12(15-10-11)18(20)21;1-13(2,3)20-21-16-8-6-15(7-9-16)11-4-5-12(14-10-11)17(18)19;14-13(15)9-2-1-8(7-11-9)12-5-3-10-4-6-12;6-4-1-2-5(7-3-4)8(9)10;1-2-6-4-3-5-1;1-2-3-4-5;1-2;;/h4-5,10H,6-9H2,1-3H3;4-5,10H,6-9H2,1-3H3;1-2,7,10H,3-6H2;1-3H;5-6H,1-4H2;5H,2-4H2,1H3;2H,1H3;1H4;1H. The van der Waals surface area contributed by atoms with E-state index in [-0.39, 0.29) is 54.8 Å². The summed E-state index contributed by atoms with van der Waals surface area (Å²) in [6, 6.07) is 12.1. The van der Waals surface area contributed by atoms with Gasteiger partial charge < -0.3 is 91.0 Å². The van der Waals surface area contributed by atoms with Gasteiger partial charge >= 0.3 is 29.4 Å². The Labute approximate surface area is 495 Å². The second kappa shape index (κ2) is 41.2. The number of rotatable bonds is 11. The van der Waals surface area contributed by atoms with Crippen LogP contribution in [0.1, 0.15) is 68.7 Å². The van der Waals surface area contributed by atoms with Crippen molar-refractivity contribution < 1.29 is 49.3 Å². The van der Waals surface area contributed by atoms with Crippen LogP contribution in [0, 0.1) is 40.5 Å². The number of hydroxylamine groups is 2. The lowest BCUT2D eigenvalue weighted by Crippen LogP contribution is -2.50. The maximum atomic E-state index is 12.0. The fourth-order valence-electron chi connectivity index (χ4n) is 6.84. The van der Waals surface area contributed by atoms with E-state index < -0.39 is 25.3 Å². The third kappa shape index (κ3) is 32.0. The Morgan fingerprint density at radius 3 is 1.19 bits per heavy atom. The molecule has 0 aliphatic carbocycles. The minimum Gasteiger partial charge on any atom is -0.444 e. The summed E-state index contributed by atoms with van der Waals surface area (Å²) in [7, 11) is 1.00. The first-order valence-corrected chi connectivity index (χ1v) is 26.5. The zero-order valence-corrected chi connectivity index (χ0v) is 49.3. The number of nitrogens with one attached hydrogen (secondary N) is 3. The van der Waals surface area contributed by atoms with Gasteiger partial charge in [-0.2, -0.15) is 5.06 Å². The number of aliphatic hydroxyl groups is 2. The number of hydrogen-bond donors (Lipinski definition) is 5. The summed E-state index contributed by atoms with van der Waals surface area (Å²) >= 11 is 5.43. The van der Waals surface area contributed by atoms with Gasteiger partial charge in [0.1, 0.15) is 5.60 Å². The van der Waals surface area contributed by atoms with Crippen molar-refractivity contribution in [3.8, 4) is 0 Å². The first-order chi connectivity index (χ1) is 38.5. The summed E-state index contributed by atoms with van der Waals surface area (Å²) in [6.07, 6.45) is 7.54. The Hall–Kier alpha value is -6.87. The van der Waals surface area contributed by atoms with Gasteiger partial charge in [0.05, 0.1) is 27.7 Å². The number of halogens is 2. The predicted molar refractivity (Wildman–Crippen MR) is 319 cm³/mol. The molecular weight excluding hydrogens is 1130 g/mol. The number of nitrogens with zero attached hydrogens (tertiary/aromatic N) is 13. The summed E-state index contributed by atoms with van der Waals surface area (Å²) in [5, 5.41) is 68.5. The maximum absolute atomic E-state index is 12.0. The van der Waals surface area contributed by atoms with Gasteiger partial charge in [-0.05, 0) is 112 Å². The molecule has 0 unspecified atom stereocenters. The highest BCUT2D eigenvalue weighted by Crippen LogP contribution is 2.22. The third-order valence-electron chi connectivity index (χ3n) is 10.9. The number of carbonyl (C=O) groups excluding carboxylic acids is 1. The summed E-state index contributed by atoms with van der Waals surface area (Å²) in [5.74, 6) is -0.603. The van der Waals surface area contributed by atoms with Crippen molar-refractivity contribution in [2.45, 2.75) is 79.9 Å². The van der Waals surface area contributed by atoms with Crippen molar-refractivity contribution in [2.24, 2.45) is 0 Å². The van der Waals surface area contributed by atoms with Gasteiger partial charge in [-0.15, -0.1) is 17.4 Å². The molecule has 32 heteroatoms. The minimum atomic E-state index is -0.573. The largest absolute Gasteiger partial charge is 0.444 e. The Balaban J connectivity index is 0.00000102. The molecule has 4 saturated heterocycles. The summed E-state index contributed by atoms with van der Waals surface area (Å²) < 4.78 is 5.34. The lowest BCUT2D eigenvalue weighted by atomic mass is 10.2. The van der Waals surface area contributed by atoms with Crippen molar-refractivity contribution in [1.82, 2.24) is 45.8 Å². The van der Waals surface area contributed by atoms with Crippen molar-refractivity contribution in [2.75, 3.05) is 133 Å². The van der Waals surface area contributed by atoms with Crippen molar-refractivity contribution >= 4 is 70.4 Å². The van der Waals surface area contributed by atoms with Gasteiger partial charge in [-0.1, -0.05) is 32.4 Å². The quantitative estimate of drug-likeness (QED) is 0.0608. The van der Waals surface area contributed by atoms with Crippen LogP contribution >= 0.6 is 24.0 Å². The number of unbranched alkanes of at least 4 members (excludes halogenated alkanes) is 1. The molecule has 0 saturated carbocycles. The number of hydrogen-bond acceptors (Lipinski definition) is 25. The number of ether oxygens (including phenoxy) is 1. The lowest BCUT2D eigenvalue weighted by Gasteiger charge is -2.36. The molecule has 4 aromatic heterocycles. The van der Waals surface area contributed by atoms with Crippen LogP contribution in [0.3, 0.4) is 0 Å². The predicted octanol–water partition coefficient (Wildman–Crippen LogP) is 6.49. The zero-order valence-electron chi connectivity index (χ0n) is 47.8. The summed E-state index contributed by atoms with van der Waals surface area (Å²) in [5.41, 5.74) is 1.78. The molecule has 1 amide bonds. The third-order valence-corrected chi connectivity index (χ3v) is 11.1. The molecule has 83 heavy (non-hydrogen) atoms. The van der Waals surface area contributed by atoms with Crippen LogP contribution in [0.15, 0.2) is 73.3 Å². The molecule has 8 heterocycles. The van der Waals surface area contributed by atoms with Gasteiger partial charge in [-0.3, -0.25) is 0 Å². The number of aromatic nitrogens is 4. The van der Waals surface area contributed by atoms with Crippen LogP contribution in [0.5, 0.6) is 0 Å². The smallest absolute Gasteiger partial charge is 0.410 e. The van der Waals surface area contributed by atoms with Crippen LogP contribution in [-0.4, -0.2) is 196 Å². The monoisotopic (exact) mass is 1210 g/mol. The molecule has 4 aliphatic heterocycles. The molecule has 8 rings (SSSR count). The van der Waals surface area contributed by atoms with Crippen LogP contribution in [-0.2, 0) is 14.6 Å². The van der Waals surface area contributed by atoms with Gasteiger partial charge in [0, 0.05) is 143 Å².